The third-order valence-corrected chi connectivity index (χ3v) is 4.04. The molecule has 3 heterocycles. The van der Waals surface area contributed by atoms with Crippen LogP contribution in [0.4, 0.5) is 0 Å². The molecule has 23 heavy (non-hydrogen) atoms. The van der Waals surface area contributed by atoms with E-state index in [2.05, 4.69) is 22.0 Å². The molecule has 0 unspecified atom stereocenters. The van der Waals surface area contributed by atoms with Crippen LogP contribution in [0.15, 0.2) is 18.6 Å². The summed E-state index contributed by atoms with van der Waals surface area (Å²) < 4.78 is 7.23. The summed E-state index contributed by atoms with van der Waals surface area (Å²) in [7, 11) is 1.67. The van der Waals surface area contributed by atoms with Crippen LogP contribution >= 0.6 is 0 Å². The van der Waals surface area contributed by atoms with Gasteiger partial charge in [-0.25, -0.2) is 4.98 Å². The predicted molar refractivity (Wildman–Crippen MR) is 84.0 cm³/mol. The number of hydrogen-bond acceptors (Lipinski definition) is 5. The topological polar surface area (TPSA) is 73.1 Å². The highest BCUT2D eigenvalue weighted by atomic mass is 16.5. The van der Waals surface area contributed by atoms with Gasteiger partial charge in [-0.05, 0) is 13.8 Å². The normalized spacial score (nSPS) is 17.2. The van der Waals surface area contributed by atoms with Crippen LogP contribution in [0.3, 0.4) is 0 Å². The second-order valence-electron chi connectivity index (χ2n) is 5.78. The number of nitrogens with zero attached hydrogens (tertiary/aromatic N) is 5. The molecule has 1 atom stereocenters. The molecule has 2 aromatic heterocycles. The number of carbonyl (C=O) groups is 1. The average molecular weight is 315 g/mol. The van der Waals surface area contributed by atoms with Gasteiger partial charge in [-0.2, -0.15) is 5.10 Å². The average Bonchev–Trinajstić information content (AvgIpc) is 2.98. The third-order valence-electron chi connectivity index (χ3n) is 4.04. The van der Waals surface area contributed by atoms with E-state index in [1.165, 1.54) is 6.20 Å². The van der Waals surface area contributed by atoms with Gasteiger partial charge in [-0.1, -0.05) is 0 Å². The first-order valence-electron chi connectivity index (χ1n) is 7.75. The van der Waals surface area contributed by atoms with E-state index in [1.807, 2.05) is 17.8 Å². The van der Waals surface area contributed by atoms with Crippen molar-refractivity contribution in [1.29, 1.82) is 0 Å². The summed E-state index contributed by atoms with van der Waals surface area (Å²) in [6, 6.07) is 0. The van der Waals surface area contributed by atoms with Gasteiger partial charge in [-0.3, -0.25) is 14.5 Å². The molecule has 0 aliphatic carbocycles. The van der Waals surface area contributed by atoms with Crippen molar-refractivity contribution in [2.24, 2.45) is 0 Å². The molecule has 0 spiro atoms. The summed E-state index contributed by atoms with van der Waals surface area (Å²) in [6.07, 6.45) is 5.16. The van der Waals surface area contributed by atoms with Crippen molar-refractivity contribution in [2.75, 3.05) is 20.3 Å². The molecule has 0 aromatic carbocycles. The van der Waals surface area contributed by atoms with Crippen molar-refractivity contribution in [3.63, 3.8) is 0 Å². The maximum absolute atomic E-state index is 12.7. The lowest BCUT2D eigenvalue weighted by Crippen LogP contribution is -2.39. The number of aromatic nitrogens is 4. The fourth-order valence-electron chi connectivity index (χ4n) is 2.88. The van der Waals surface area contributed by atoms with Gasteiger partial charge < -0.3 is 9.64 Å². The van der Waals surface area contributed by atoms with Gasteiger partial charge in [0.05, 0.1) is 24.2 Å². The van der Waals surface area contributed by atoms with Gasteiger partial charge in [-0.15, -0.1) is 0 Å². The Morgan fingerprint density at radius 1 is 1.39 bits per heavy atom. The van der Waals surface area contributed by atoms with Gasteiger partial charge in [0.2, 0.25) is 0 Å². The smallest absolute Gasteiger partial charge is 0.274 e. The molecule has 0 bridgehead atoms. The lowest BCUT2D eigenvalue weighted by molar-refractivity contribution is 0.0672. The van der Waals surface area contributed by atoms with Gasteiger partial charge in [0.25, 0.3) is 5.91 Å². The van der Waals surface area contributed by atoms with Crippen molar-refractivity contribution in [3.05, 3.63) is 41.2 Å². The Kier molecular flexibility index (Phi) is 4.38. The van der Waals surface area contributed by atoms with E-state index < -0.39 is 0 Å². The maximum Gasteiger partial charge on any atom is 0.274 e. The third kappa shape index (κ3) is 3.10. The Morgan fingerprint density at radius 2 is 2.22 bits per heavy atom. The second kappa shape index (κ2) is 6.45. The zero-order valence-electron chi connectivity index (χ0n) is 13.7. The molecule has 7 heteroatoms. The van der Waals surface area contributed by atoms with Crippen molar-refractivity contribution >= 4 is 5.91 Å². The summed E-state index contributed by atoms with van der Waals surface area (Å²) in [6.45, 7) is 6.37. The van der Waals surface area contributed by atoms with Crippen molar-refractivity contribution in [2.45, 2.75) is 32.9 Å². The molecule has 3 rings (SSSR count). The van der Waals surface area contributed by atoms with Crippen molar-refractivity contribution in [3.8, 4) is 0 Å². The van der Waals surface area contributed by atoms with Crippen molar-refractivity contribution < 1.29 is 9.53 Å². The van der Waals surface area contributed by atoms with Crippen LogP contribution in [0.5, 0.6) is 0 Å². The highest BCUT2D eigenvalue weighted by molar-refractivity contribution is 5.92. The molecule has 0 fully saturated rings. The quantitative estimate of drug-likeness (QED) is 0.852. The van der Waals surface area contributed by atoms with E-state index in [4.69, 9.17) is 4.74 Å². The Morgan fingerprint density at radius 3 is 2.87 bits per heavy atom. The summed E-state index contributed by atoms with van der Waals surface area (Å²) >= 11 is 0. The number of methoxy groups -OCH3 is 1. The molecular weight excluding hydrogens is 294 g/mol. The van der Waals surface area contributed by atoms with Crippen LogP contribution < -0.4 is 0 Å². The molecule has 0 radical (unpaired) electrons. The highest BCUT2D eigenvalue weighted by Crippen LogP contribution is 2.28. The zero-order chi connectivity index (χ0) is 16.4. The first kappa shape index (κ1) is 15.6. The van der Waals surface area contributed by atoms with Crippen LogP contribution in [0, 0.1) is 6.92 Å². The summed E-state index contributed by atoms with van der Waals surface area (Å²) in [5.74, 6) is -0.0209. The molecule has 122 valence electrons. The molecule has 0 saturated heterocycles. The Balaban J connectivity index is 1.86. The van der Waals surface area contributed by atoms with E-state index in [0.29, 0.717) is 25.4 Å². The van der Waals surface area contributed by atoms with Crippen LogP contribution in [0.2, 0.25) is 0 Å². The number of carbonyl (C=O) groups excluding carboxylic acids is 1. The maximum atomic E-state index is 12.7. The Labute approximate surface area is 135 Å². The number of hydrogen-bond donors (Lipinski definition) is 0. The molecular formula is C16H21N5O2. The molecule has 0 saturated carbocycles. The van der Waals surface area contributed by atoms with Crippen molar-refractivity contribution in [1.82, 2.24) is 24.6 Å². The van der Waals surface area contributed by atoms with Gasteiger partial charge in [0.15, 0.2) is 0 Å². The number of rotatable bonds is 4. The molecule has 1 aliphatic rings. The first-order chi connectivity index (χ1) is 11.1. The number of aryl methyl sites for hydroxylation is 2. The van der Waals surface area contributed by atoms with Gasteiger partial charge in [0.1, 0.15) is 5.69 Å². The van der Waals surface area contributed by atoms with E-state index >= 15 is 0 Å². The Hall–Kier alpha value is -2.28. The van der Waals surface area contributed by atoms with Crippen LogP contribution in [0.1, 0.15) is 40.3 Å². The lowest BCUT2D eigenvalue weighted by Gasteiger charge is -2.31. The minimum absolute atomic E-state index is 0.0823. The standard InChI is InChI=1S/C16H21N5O2/c1-4-21-9-12-7-20(8-13(10-23-3)15(12)19-21)16(22)14-6-17-11(2)5-18-14/h5-6,9,13H,4,7-8,10H2,1-3H3/t13-/m1/s1. The zero-order valence-corrected chi connectivity index (χ0v) is 13.7. The van der Waals surface area contributed by atoms with E-state index in [0.717, 1.165) is 23.5 Å². The van der Waals surface area contributed by atoms with Gasteiger partial charge in [0, 0.05) is 50.6 Å². The highest BCUT2D eigenvalue weighted by Gasteiger charge is 2.31. The molecule has 7 nitrogen and oxygen atoms in total. The first-order valence-corrected chi connectivity index (χ1v) is 7.75. The SMILES string of the molecule is CCn1cc2c(n1)[C@@H](COC)CN(C(=O)c1cnc(C)cn1)C2. The van der Waals surface area contributed by atoms with Gasteiger partial charge >= 0.3 is 0 Å². The van der Waals surface area contributed by atoms with E-state index in [1.54, 1.807) is 18.2 Å². The molecule has 0 N–H and O–H groups in total. The fourth-order valence-corrected chi connectivity index (χ4v) is 2.88. The molecule has 1 aliphatic heterocycles. The number of amides is 1. The minimum Gasteiger partial charge on any atom is -0.384 e. The lowest BCUT2D eigenvalue weighted by atomic mass is 9.97. The molecule has 1 amide bonds. The fraction of sp³-hybridized carbons (Fsp3) is 0.500. The monoisotopic (exact) mass is 315 g/mol. The Bertz CT molecular complexity index is 695. The summed E-state index contributed by atoms with van der Waals surface area (Å²) in [5, 5.41) is 4.62. The largest absolute Gasteiger partial charge is 0.384 e. The summed E-state index contributed by atoms with van der Waals surface area (Å²) in [4.78, 5) is 22.9. The van der Waals surface area contributed by atoms with Crippen LogP contribution in [-0.2, 0) is 17.8 Å². The number of fused-ring (bicyclic) bond motifs is 1. The number of ether oxygens (including phenoxy) is 1. The predicted octanol–water partition coefficient (Wildman–Crippen LogP) is 1.39. The van der Waals surface area contributed by atoms with Crippen LogP contribution in [-0.4, -0.2) is 50.8 Å². The minimum atomic E-state index is -0.103. The van der Waals surface area contributed by atoms with E-state index in [9.17, 15) is 4.79 Å². The van der Waals surface area contributed by atoms with E-state index in [-0.39, 0.29) is 11.8 Å². The molecule has 2 aromatic rings. The van der Waals surface area contributed by atoms with Crippen LogP contribution in [0.25, 0.3) is 0 Å². The second-order valence-corrected chi connectivity index (χ2v) is 5.78. The summed E-state index contributed by atoms with van der Waals surface area (Å²) in [5.41, 5.74) is 3.28.